The molecule has 5 heteroatoms. The van der Waals surface area contributed by atoms with Gasteiger partial charge in [-0.3, -0.25) is 4.79 Å². The number of Topliss-reactive ketones (excluding diaryl/α,β-unsaturated/α-hetero) is 1. The van der Waals surface area contributed by atoms with Crippen LogP contribution in [0, 0.1) is 13.8 Å². The summed E-state index contributed by atoms with van der Waals surface area (Å²) in [6.45, 7) is 4.11. The summed E-state index contributed by atoms with van der Waals surface area (Å²) in [5.41, 5.74) is 2.29. The van der Waals surface area contributed by atoms with E-state index in [4.69, 9.17) is 0 Å². The SMILES string of the molecule is Cc1ccc(S(=O)(=O)N2CCCC2C(=O)c2ccccc2)c(C)c1. The second-order valence-electron chi connectivity index (χ2n) is 6.27. The number of carbonyl (C=O) groups excluding carboxylic acids is 1. The van der Waals surface area contributed by atoms with Gasteiger partial charge in [-0.2, -0.15) is 4.31 Å². The number of hydrogen-bond acceptors (Lipinski definition) is 3. The van der Waals surface area contributed by atoms with Crippen LogP contribution in [0.2, 0.25) is 0 Å². The van der Waals surface area contributed by atoms with E-state index in [9.17, 15) is 13.2 Å². The fourth-order valence-corrected chi connectivity index (χ4v) is 5.16. The van der Waals surface area contributed by atoms with Crippen molar-refractivity contribution in [1.82, 2.24) is 4.31 Å². The monoisotopic (exact) mass is 343 g/mol. The molecule has 1 aliphatic rings. The zero-order valence-corrected chi connectivity index (χ0v) is 14.7. The molecule has 1 atom stereocenters. The summed E-state index contributed by atoms with van der Waals surface area (Å²) in [6, 6.07) is 13.6. The molecule has 0 aromatic heterocycles. The van der Waals surface area contributed by atoms with E-state index in [0.717, 1.165) is 5.56 Å². The topological polar surface area (TPSA) is 54.5 Å². The Morgan fingerprint density at radius 1 is 1.08 bits per heavy atom. The quantitative estimate of drug-likeness (QED) is 0.800. The summed E-state index contributed by atoms with van der Waals surface area (Å²) in [6.07, 6.45) is 1.27. The van der Waals surface area contributed by atoms with Crippen LogP contribution in [0.5, 0.6) is 0 Å². The number of hydrogen-bond donors (Lipinski definition) is 0. The molecule has 24 heavy (non-hydrogen) atoms. The lowest BCUT2D eigenvalue weighted by Gasteiger charge is -2.24. The van der Waals surface area contributed by atoms with Gasteiger partial charge >= 0.3 is 0 Å². The van der Waals surface area contributed by atoms with Crippen molar-refractivity contribution in [3.05, 3.63) is 65.2 Å². The van der Waals surface area contributed by atoms with Crippen molar-refractivity contribution in [2.45, 2.75) is 37.6 Å². The van der Waals surface area contributed by atoms with Gasteiger partial charge in [0.2, 0.25) is 10.0 Å². The largest absolute Gasteiger partial charge is 0.292 e. The Bertz CT molecular complexity index is 859. The van der Waals surface area contributed by atoms with E-state index in [0.29, 0.717) is 35.4 Å². The number of rotatable bonds is 4. The van der Waals surface area contributed by atoms with Crippen LogP contribution in [0.15, 0.2) is 53.4 Å². The smallest absolute Gasteiger partial charge is 0.244 e. The van der Waals surface area contributed by atoms with Gasteiger partial charge in [-0.1, -0.05) is 48.0 Å². The van der Waals surface area contributed by atoms with Crippen LogP contribution in [0.1, 0.15) is 34.3 Å². The van der Waals surface area contributed by atoms with E-state index in [2.05, 4.69) is 0 Å². The highest BCUT2D eigenvalue weighted by Crippen LogP contribution is 2.30. The summed E-state index contributed by atoms with van der Waals surface area (Å²) in [7, 11) is -3.68. The Morgan fingerprint density at radius 2 is 1.79 bits per heavy atom. The number of carbonyl (C=O) groups is 1. The third-order valence-corrected chi connectivity index (χ3v) is 6.55. The van der Waals surface area contributed by atoms with Crippen LogP contribution in [-0.2, 0) is 10.0 Å². The van der Waals surface area contributed by atoms with E-state index in [1.807, 2.05) is 19.1 Å². The number of aryl methyl sites for hydroxylation is 2. The molecule has 0 spiro atoms. The molecule has 0 aliphatic carbocycles. The van der Waals surface area contributed by atoms with Gasteiger partial charge in [-0.05, 0) is 38.3 Å². The molecule has 1 heterocycles. The average molecular weight is 343 g/mol. The molecule has 0 saturated carbocycles. The third-order valence-electron chi connectivity index (χ3n) is 4.48. The fourth-order valence-electron chi connectivity index (χ4n) is 3.30. The summed E-state index contributed by atoms with van der Waals surface area (Å²) in [5.74, 6) is -0.124. The van der Waals surface area contributed by atoms with Gasteiger partial charge in [0.15, 0.2) is 5.78 Å². The molecule has 126 valence electrons. The van der Waals surface area contributed by atoms with Crippen LogP contribution in [0.25, 0.3) is 0 Å². The maximum atomic E-state index is 13.1. The molecule has 0 N–H and O–H groups in total. The highest BCUT2D eigenvalue weighted by atomic mass is 32.2. The number of sulfonamides is 1. The Balaban J connectivity index is 1.96. The molecular formula is C19H21NO3S. The van der Waals surface area contributed by atoms with Gasteiger partial charge < -0.3 is 0 Å². The molecule has 2 aromatic rings. The third kappa shape index (κ3) is 3.01. The minimum atomic E-state index is -3.68. The first kappa shape index (κ1) is 16.9. The maximum Gasteiger partial charge on any atom is 0.244 e. The molecule has 4 nitrogen and oxygen atoms in total. The molecule has 2 aromatic carbocycles. The van der Waals surface area contributed by atoms with Crippen LogP contribution in [0.3, 0.4) is 0 Å². The summed E-state index contributed by atoms with van der Waals surface area (Å²) < 4.78 is 27.5. The molecule has 0 radical (unpaired) electrons. The predicted octanol–water partition coefficient (Wildman–Crippen LogP) is 3.34. The molecular weight excluding hydrogens is 322 g/mol. The predicted molar refractivity (Wildman–Crippen MR) is 93.6 cm³/mol. The lowest BCUT2D eigenvalue weighted by atomic mass is 10.0. The van der Waals surface area contributed by atoms with Gasteiger partial charge in [-0.15, -0.1) is 0 Å². The molecule has 1 unspecified atom stereocenters. The van der Waals surface area contributed by atoms with Gasteiger partial charge in [0.05, 0.1) is 10.9 Å². The van der Waals surface area contributed by atoms with E-state index < -0.39 is 16.1 Å². The van der Waals surface area contributed by atoms with Crippen molar-refractivity contribution >= 4 is 15.8 Å². The summed E-state index contributed by atoms with van der Waals surface area (Å²) in [4.78, 5) is 13.1. The van der Waals surface area contributed by atoms with Crippen molar-refractivity contribution in [3.8, 4) is 0 Å². The van der Waals surface area contributed by atoms with E-state index >= 15 is 0 Å². The van der Waals surface area contributed by atoms with Crippen LogP contribution < -0.4 is 0 Å². The second-order valence-corrected chi connectivity index (χ2v) is 8.13. The maximum absolute atomic E-state index is 13.1. The van der Waals surface area contributed by atoms with Crippen molar-refractivity contribution in [1.29, 1.82) is 0 Å². The first-order valence-corrected chi connectivity index (χ1v) is 9.53. The lowest BCUT2D eigenvalue weighted by molar-refractivity contribution is 0.0918. The number of nitrogens with zero attached hydrogens (tertiary/aromatic N) is 1. The first-order chi connectivity index (χ1) is 11.4. The van der Waals surface area contributed by atoms with E-state index in [1.54, 1.807) is 43.3 Å². The summed E-state index contributed by atoms with van der Waals surface area (Å²) >= 11 is 0. The normalized spacial score (nSPS) is 18.7. The first-order valence-electron chi connectivity index (χ1n) is 8.09. The lowest BCUT2D eigenvalue weighted by Crippen LogP contribution is -2.40. The fraction of sp³-hybridized carbons (Fsp3) is 0.316. The van der Waals surface area contributed by atoms with Crippen LogP contribution in [0.4, 0.5) is 0 Å². The van der Waals surface area contributed by atoms with Crippen LogP contribution in [-0.4, -0.2) is 31.1 Å². The van der Waals surface area contributed by atoms with Crippen molar-refractivity contribution in [2.24, 2.45) is 0 Å². The minimum absolute atomic E-state index is 0.124. The Kier molecular flexibility index (Phi) is 4.56. The van der Waals surface area contributed by atoms with Gasteiger partial charge in [0.25, 0.3) is 0 Å². The number of ketones is 1. The average Bonchev–Trinajstić information content (AvgIpc) is 3.05. The van der Waals surface area contributed by atoms with Crippen molar-refractivity contribution in [3.63, 3.8) is 0 Å². The van der Waals surface area contributed by atoms with Gasteiger partial charge in [0.1, 0.15) is 0 Å². The molecule has 3 rings (SSSR count). The minimum Gasteiger partial charge on any atom is -0.292 e. The molecule has 1 fully saturated rings. The Hall–Kier alpha value is -1.98. The molecule has 0 bridgehead atoms. The van der Waals surface area contributed by atoms with E-state index in [-0.39, 0.29) is 5.78 Å². The molecule has 0 amide bonds. The zero-order valence-electron chi connectivity index (χ0n) is 13.9. The van der Waals surface area contributed by atoms with Crippen LogP contribution >= 0.6 is 0 Å². The number of benzene rings is 2. The highest BCUT2D eigenvalue weighted by molar-refractivity contribution is 7.89. The van der Waals surface area contributed by atoms with Gasteiger partial charge in [0, 0.05) is 12.1 Å². The standard InChI is InChI=1S/C19H21NO3S/c1-14-10-11-18(15(2)13-14)24(22,23)20-12-6-9-17(20)19(21)16-7-4-3-5-8-16/h3-5,7-8,10-11,13,17H,6,9,12H2,1-2H3. The second kappa shape index (κ2) is 6.49. The zero-order chi connectivity index (χ0) is 17.3. The van der Waals surface area contributed by atoms with Gasteiger partial charge in [-0.25, -0.2) is 8.42 Å². The Morgan fingerprint density at radius 3 is 2.46 bits per heavy atom. The van der Waals surface area contributed by atoms with Crippen molar-refractivity contribution in [2.75, 3.05) is 6.54 Å². The molecule has 1 aliphatic heterocycles. The van der Waals surface area contributed by atoms with E-state index in [1.165, 1.54) is 4.31 Å². The molecule has 1 saturated heterocycles. The Labute approximate surface area is 143 Å². The van der Waals surface area contributed by atoms with Crippen molar-refractivity contribution < 1.29 is 13.2 Å². The highest BCUT2D eigenvalue weighted by Gasteiger charge is 2.40. The summed E-state index contributed by atoms with van der Waals surface area (Å²) in [5, 5.41) is 0.